The molecule has 0 amide bonds. The molecule has 4 aliphatic carbocycles. The van der Waals surface area contributed by atoms with E-state index in [-0.39, 0.29) is 0 Å². The molecule has 2 heterocycles. The summed E-state index contributed by atoms with van der Waals surface area (Å²) in [4.78, 5) is 15.2. The largest absolute Gasteiger partial charge is 0.455 e. The van der Waals surface area contributed by atoms with Crippen molar-refractivity contribution in [2.75, 3.05) is 0 Å². The molecule has 4 nitrogen and oxygen atoms in total. The molecule has 0 radical (unpaired) electrons. The number of hydrogen-bond acceptors (Lipinski definition) is 4. The third-order valence-corrected chi connectivity index (χ3v) is 13.7. The Morgan fingerprint density at radius 1 is 0.407 bits per heavy atom. The van der Waals surface area contributed by atoms with E-state index in [1.54, 1.807) is 5.56 Å². The van der Waals surface area contributed by atoms with Gasteiger partial charge >= 0.3 is 0 Å². The van der Waals surface area contributed by atoms with Gasteiger partial charge in [0.2, 0.25) is 0 Å². The zero-order chi connectivity index (χ0) is 38.9. The van der Waals surface area contributed by atoms with Crippen LogP contribution >= 0.6 is 0 Å². The van der Waals surface area contributed by atoms with E-state index >= 15 is 0 Å². The number of para-hydroxylation sites is 1. The van der Waals surface area contributed by atoms with Gasteiger partial charge in [-0.25, -0.2) is 15.0 Å². The molecule has 0 spiro atoms. The fraction of sp³-hybridized carbons (Fsp3) is 0.182. The predicted molar refractivity (Wildman–Crippen MR) is 240 cm³/mol. The summed E-state index contributed by atoms with van der Waals surface area (Å²) in [6.07, 6.45) is 8.53. The smallest absolute Gasteiger partial charge is 0.164 e. The number of fused-ring (bicyclic) bond motifs is 3. The molecule has 2 aromatic heterocycles. The Balaban J connectivity index is 0.997. The quantitative estimate of drug-likeness (QED) is 0.162. The van der Waals surface area contributed by atoms with Crippen molar-refractivity contribution < 1.29 is 4.42 Å². The summed E-state index contributed by atoms with van der Waals surface area (Å²) in [5, 5.41) is 2.22. The lowest BCUT2D eigenvalue weighted by Gasteiger charge is -2.57. The van der Waals surface area contributed by atoms with Crippen molar-refractivity contribution in [3.8, 4) is 67.5 Å². The van der Waals surface area contributed by atoms with E-state index in [0.717, 1.165) is 84.2 Å². The molecule has 0 atom stereocenters. The average Bonchev–Trinajstić information content (AvgIpc) is 3.69. The van der Waals surface area contributed by atoms with Crippen molar-refractivity contribution in [3.63, 3.8) is 0 Å². The second kappa shape index (κ2) is 13.7. The van der Waals surface area contributed by atoms with Gasteiger partial charge in [0.1, 0.15) is 11.2 Å². The van der Waals surface area contributed by atoms with Crippen molar-refractivity contribution in [2.45, 2.75) is 43.9 Å². The fourth-order valence-electron chi connectivity index (χ4n) is 11.4. The van der Waals surface area contributed by atoms with Gasteiger partial charge in [-0.1, -0.05) is 146 Å². The predicted octanol–water partition coefficient (Wildman–Crippen LogP) is 14.2. The monoisotopic (exact) mass is 761 g/mol. The zero-order valence-corrected chi connectivity index (χ0v) is 32.9. The molecular weight excluding hydrogens is 719 g/mol. The van der Waals surface area contributed by atoms with Gasteiger partial charge in [0.05, 0.1) is 0 Å². The molecule has 0 aliphatic heterocycles. The lowest BCUT2D eigenvalue weighted by atomic mass is 9.48. The topological polar surface area (TPSA) is 51.8 Å². The molecule has 0 unspecified atom stereocenters. The van der Waals surface area contributed by atoms with Crippen molar-refractivity contribution >= 4 is 21.9 Å². The van der Waals surface area contributed by atoms with E-state index < -0.39 is 0 Å². The summed E-state index contributed by atoms with van der Waals surface area (Å²) < 4.78 is 6.86. The van der Waals surface area contributed by atoms with Gasteiger partial charge in [0.25, 0.3) is 0 Å². The van der Waals surface area contributed by atoms with Crippen LogP contribution in [-0.4, -0.2) is 15.0 Å². The molecule has 59 heavy (non-hydrogen) atoms. The van der Waals surface area contributed by atoms with Gasteiger partial charge in [-0.2, -0.15) is 0 Å². The van der Waals surface area contributed by atoms with Crippen LogP contribution in [0.4, 0.5) is 0 Å². The fourth-order valence-corrected chi connectivity index (χ4v) is 11.4. The van der Waals surface area contributed by atoms with E-state index in [0.29, 0.717) is 22.9 Å². The van der Waals surface area contributed by atoms with Gasteiger partial charge in [-0.05, 0) is 119 Å². The van der Waals surface area contributed by atoms with E-state index in [1.165, 1.54) is 44.1 Å². The first-order valence-electron chi connectivity index (χ1n) is 21.3. The third kappa shape index (κ3) is 6.00. The number of hydrogen-bond donors (Lipinski definition) is 0. The normalized spacial score (nSPS) is 20.7. The first kappa shape index (κ1) is 34.4. The lowest BCUT2D eigenvalue weighted by Crippen LogP contribution is -2.48. The molecule has 4 bridgehead atoms. The van der Waals surface area contributed by atoms with Crippen LogP contribution in [0.2, 0.25) is 0 Å². The second-order valence-corrected chi connectivity index (χ2v) is 17.4. The first-order chi connectivity index (χ1) is 29.1. The molecule has 4 heteroatoms. The Labute approximate surface area is 344 Å². The highest BCUT2D eigenvalue weighted by molar-refractivity contribution is 6.15. The number of aromatic nitrogens is 3. The van der Waals surface area contributed by atoms with Gasteiger partial charge in [0.15, 0.2) is 17.5 Å². The minimum atomic E-state index is 0.383. The highest BCUT2D eigenvalue weighted by atomic mass is 16.3. The summed E-state index contributed by atoms with van der Waals surface area (Å²) in [6, 6.07) is 60.3. The Morgan fingerprint density at radius 2 is 0.915 bits per heavy atom. The highest BCUT2D eigenvalue weighted by Gasteiger charge is 2.51. The van der Waals surface area contributed by atoms with Crippen LogP contribution in [-0.2, 0) is 5.41 Å². The Kier molecular flexibility index (Phi) is 8.01. The van der Waals surface area contributed by atoms with Gasteiger partial charge in [0, 0.05) is 33.0 Å². The van der Waals surface area contributed by atoms with E-state index in [9.17, 15) is 0 Å². The maximum absolute atomic E-state index is 6.86. The summed E-state index contributed by atoms with van der Waals surface area (Å²) in [6.45, 7) is 0. The molecule has 7 aromatic carbocycles. The number of rotatable bonds is 7. The second-order valence-electron chi connectivity index (χ2n) is 17.4. The van der Waals surface area contributed by atoms with Gasteiger partial charge in [-0.15, -0.1) is 0 Å². The van der Waals surface area contributed by atoms with Crippen LogP contribution in [0, 0.1) is 17.8 Å². The van der Waals surface area contributed by atoms with Crippen LogP contribution in [0.15, 0.2) is 174 Å². The molecular formula is C55H43N3O. The minimum Gasteiger partial charge on any atom is -0.455 e. The lowest BCUT2D eigenvalue weighted by molar-refractivity contribution is -0.00518. The number of furan rings is 1. The minimum absolute atomic E-state index is 0.383. The van der Waals surface area contributed by atoms with Crippen molar-refractivity contribution in [2.24, 2.45) is 17.8 Å². The summed E-state index contributed by atoms with van der Waals surface area (Å²) in [7, 11) is 0. The van der Waals surface area contributed by atoms with Crippen molar-refractivity contribution in [1.82, 2.24) is 15.0 Å². The van der Waals surface area contributed by atoms with Crippen LogP contribution in [0.3, 0.4) is 0 Å². The van der Waals surface area contributed by atoms with E-state index in [2.05, 4.69) is 133 Å². The Morgan fingerprint density at radius 3 is 1.53 bits per heavy atom. The van der Waals surface area contributed by atoms with Gasteiger partial charge in [-0.3, -0.25) is 0 Å². The zero-order valence-electron chi connectivity index (χ0n) is 32.9. The first-order valence-corrected chi connectivity index (χ1v) is 21.3. The highest BCUT2D eigenvalue weighted by Crippen LogP contribution is 2.61. The summed E-state index contributed by atoms with van der Waals surface area (Å²) in [5.74, 6) is 4.70. The Bertz CT molecular complexity index is 2910. The average molecular weight is 762 g/mol. The molecule has 4 aliphatic rings. The van der Waals surface area contributed by atoms with Crippen LogP contribution in [0.1, 0.15) is 44.1 Å². The Hall–Kier alpha value is -6.65. The molecule has 9 aromatic rings. The van der Waals surface area contributed by atoms with Crippen LogP contribution in [0.5, 0.6) is 0 Å². The van der Waals surface area contributed by atoms with Crippen LogP contribution in [0.25, 0.3) is 89.5 Å². The molecule has 0 N–H and O–H groups in total. The van der Waals surface area contributed by atoms with Gasteiger partial charge < -0.3 is 4.42 Å². The van der Waals surface area contributed by atoms with E-state index in [1.807, 2.05) is 36.4 Å². The summed E-state index contributed by atoms with van der Waals surface area (Å²) in [5.41, 5.74) is 13.3. The number of benzene rings is 7. The summed E-state index contributed by atoms with van der Waals surface area (Å²) >= 11 is 0. The van der Waals surface area contributed by atoms with Crippen molar-refractivity contribution in [1.29, 1.82) is 0 Å². The van der Waals surface area contributed by atoms with Crippen molar-refractivity contribution in [3.05, 3.63) is 175 Å². The molecule has 0 saturated heterocycles. The molecule has 284 valence electrons. The third-order valence-electron chi connectivity index (χ3n) is 13.7. The number of nitrogens with zero attached hydrogens (tertiary/aromatic N) is 3. The molecule has 13 rings (SSSR count). The standard InChI is InChI=1S/C55H43N3O/c1-4-12-38(13-5-1)42-29-43(31-44(30-42)54-57-52(40-14-6-2-7-15-40)56-53(58-54)41-16-8-3-9-17-41)46-18-11-21-49-50(46)48-20-10-19-47(51(48)59-49)39-22-24-45(25-23-39)55-32-35-26-36(33-55)28-37(27-35)34-55/h1-25,29-31,35-37H,26-28,32-34H2. The maximum atomic E-state index is 6.86. The molecule has 4 fully saturated rings. The van der Waals surface area contributed by atoms with Crippen LogP contribution < -0.4 is 0 Å². The SMILES string of the molecule is c1ccc(-c2cc(-c3nc(-c4ccccc4)nc(-c4ccccc4)n3)cc(-c3cccc4oc5c(-c6ccc(C78CC9CC(CC(C9)C7)C8)cc6)cccc5c34)c2)cc1. The molecule has 4 saturated carbocycles. The van der Waals surface area contributed by atoms with E-state index in [4.69, 9.17) is 19.4 Å². The maximum Gasteiger partial charge on any atom is 0.164 e.